The van der Waals surface area contributed by atoms with Crippen molar-refractivity contribution in [2.45, 2.75) is 69.2 Å². The highest BCUT2D eigenvalue weighted by molar-refractivity contribution is 6.08. The number of nitrogen functional groups attached to an aromatic ring is 2. The third kappa shape index (κ3) is 16.4. The Balaban J connectivity index is 0.000000336. The lowest BCUT2D eigenvalue weighted by Crippen LogP contribution is -2.55. The van der Waals surface area contributed by atoms with E-state index in [1.54, 1.807) is 24.3 Å². The number of phenols is 1. The molecule has 4 atom stereocenters. The molecule has 0 aliphatic rings. The van der Waals surface area contributed by atoms with Gasteiger partial charge in [-0.25, -0.2) is 20.6 Å². The number of benzene rings is 2. The van der Waals surface area contributed by atoms with E-state index in [2.05, 4.69) is 41.2 Å². The van der Waals surface area contributed by atoms with E-state index >= 15 is 0 Å². The zero-order valence-electron chi connectivity index (χ0n) is 33.8. The number of fused-ring (bicyclic) bond motifs is 1. The number of carboxylic acids is 2. The minimum atomic E-state index is -1.51. The molecule has 4 amide bonds. The summed E-state index contributed by atoms with van der Waals surface area (Å²) in [5, 5.41) is 37.3. The van der Waals surface area contributed by atoms with Gasteiger partial charge in [-0.15, -0.1) is 0 Å². The summed E-state index contributed by atoms with van der Waals surface area (Å²) in [6.45, 7) is 0.263. The Morgan fingerprint density at radius 1 is 0.794 bits per heavy atom. The summed E-state index contributed by atoms with van der Waals surface area (Å²) in [6, 6.07) is 7.60. The van der Waals surface area contributed by atoms with Crippen molar-refractivity contribution in [3.05, 3.63) is 71.5 Å². The van der Waals surface area contributed by atoms with Gasteiger partial charge >= 0.3 is 11.9 Å². The molecule has 0 aliphatic heterocycles. The highest BCUT2D eigenvalue weighted by atomic mass is 16.4. The summed E-state index contributed by atoms with van der Waals surface area (Å²) >= 11 is 0. The first-order valence-electron chi connectivity index (χ1n) is 19.2. The fourth-order valence-corrected chi connectivity index (χ4v) is 5.48. The molecule has 338 valence electrons. The molecule has 0 spiro atoms. The summed E-state index contributed by atoms with van der Waals surface area (Å²) < 4.78 is 0. The monoisotopic (exact) mass is 877 g/mol. The smallest absolute Gasteiger partial charge is 0.326 e. The first-order chi connectivity index (χ1) is 29.9. The summed E-state index contributed by atoms with van der Waals surface area (Å²) in [6.07, 6.45) is 2.71. The third-order valence-electron chi connectivity index (χ3n) is 8.89. The van der Waals surface area contributed by atoms with Crippen LogP contribution in [0.25, 0.3) is 11.2 Å². The molecular weight excluding hydrogens is 827 g/mol. The Hall–Kier alpha value is -7.61. The maximum Gasteiger partial charge on any atom is 0.326 e. The SMILES string of the molecule is NCCCC[C@H](N)C(=O)[C@H](N)C(=O)NCC(=O)N[C@@H](Cc1ccc(O)cc1)C(=O)NN.Nc1nc(N)c2nc(CNc3ccc(C(=O)NC(CCC(=O)O)C(=O)O)cc3)cnc2n1. The van der Waals surface area contributed by atoms with Crippen molar-refractivity contribution < 1.29 is 48.9 Å². The second kappa shape index (κ2) is 24.6. The molecule has 2 aromatic carbocycles. The highest BCUT2D eigenvalue weighted by Crippen LogP contribution is 2.17. The summed E-state index contributed by atoms with van der Waals surface area (Å²) in [7, 11) is 0. The van der Waals surface area contributed by atoms with Gasteiger partial charge < -0.3 is 65.3 Å². The van der Waals surface area contributed by atoms with Crippen LogP contribution in [0.4, 0.5) is 17.5 Å². The topological polar surface area (TPSA) is 448 Å². The van der Waals surface area contributed by atoms with Gasteiger partial charge in [0, 0.05) is 24.1 Å². The van der Waals surface area contributed by atoms with Crippen LogP contribution in [-0.2, 0) is 41.7 Å². The summed E-state index contributed by atoms with van der Waals surface area (Å²) in [5.74, 6) is -0.542. The number of rotatable bonds is 22. The maximum atomic E-state index is 12.3. The van der Waals surface area contributed by atoms with Crippen LogP contribution >= 0.6 is 0 Å². The van der Waals surface area contributed by atoms with Crippen LogP contribution in [0.3, 0.4) is 0 Å². The first kappa shape index (κ1) is 49.8. The maximum absolute atomic E-state index is 12.3. The van der Waals surface area contributed by atoms with Crippen LogP contribution in [0.5, 0.6) is 5.75 Å². The average molecular weight is 878 g/mol. The van der Waals surface area contributed by atoms with Crippen molar-refractivity contribution >= 4 is 70.0 Å². The standard InChI is InChI=1S/C19H20N8O5.C19H31N7O5/c20-15-14-16(27-19(21)26-15)23-8-11(24-14)7-22-10-3-1-9(2-4-10)17(30)25-12(18(31)32)5-6-13(28)29;20-8-2-1-3-13(21)17(29)16(22)19(31)24-10-15(28)25-14(18(30)26-23)9-11-4-6-12(27)7-5-11/h1-4,8,12,22H,5-7H2,(H,25,30)(H,28,29)(H,31,32)(H4,20,21,23,26,27);4-7,13-14,16,27H,1-3,8-10,20-23H2,(H,24,31)(H,25,28)(H,26,30)/t;13-,14-,16-/m.0/s1. The average Bonchev–Trinajstić information content (AvgIpc) is 3.26. The lowest BCUT2D eigenvalue weighted by molar-refractivity contribution is -0.140. The molecule has 0 aliphatic carbocycles. The number of hydrogen-bond donors (Lipinski definition) is 14. The Bertz CT molecular complexity index is 2230. The number of ketones is 1. The molecule has 0 bridgehead atoms. The van der Waals surface area contributed by atoms with E-state index in [0.717, 1.165) is 0 Å². The molecule has 2 heterocycles. The van der Waals surface area contributed by atoms with Gasteiger partial charge in [0.15, 0.2) is 22.8 Å². The van der Waals surface area contributed by atoms with Crippen molar-refractivity contribution in [2.75, 3.05) is 29.9 Å². The number of unbranched alkanes of at least 4 members (excludes halogenated alkanes) is 1. The van der Waals surface area contributed by atoms with Crippen LogP contribution < -0.4 is 61.2 Å². The van der Waals surface area contributed by atoms with E-state index < -0.39 is 72.1 Å². The van der Waals surface area contributed by atoms with Crippen LogP contribution in [0.2, 0.25) is 0 Å². The number of amides is 4. The van der Waals surface area contributed by atoms with Crippen LogP contribution in [0, 0.1) is 0 Å². The van der Waals surface area contributed by atoms with Gasteiger partial charge in [-0.05, 0) is 67.8 Å². The molecule has 0 saturated heterocycles. The predicted molar refractivity (Wildman–Crippen MR) is 226 cm³/mol. The molecule has 63 heavy (non-hydrogen) atoms. The van der Waals surface area contributed by atoms with Crippen molar-refractivity contribution in [1.82, 2.24) is 41.3 Å². The quantitative estimate of drug-likeness (QED) is 0.0124. The van der Waals surface area contributed by atoms with Crippen molar-refractivity contribution in [3.8, 4) is 5.75 Å². The Labute approximate surface area is 359 Å². The molecular formula is C38H51N15O10. The molecule has 25 heteroatoms. The van der Waals surface area contributed by atoms with E-state index in [9.17, 15) is 38.7 Å². The number of aliphatic carboxylic acids is 2. The number of aromatic nitrogens is 4. The lowest BCUT2D eigenvalue weighted by atomic mass is 10.0. The Morgan fingerprint density at radius 3 is 2.10 bits per heavy atom. The Kier molecular flexibility index (Phi) is 19.4. The number of aromatic hydroxyl groups is 1. The molecule has 0 saturated carbocycles. The number of hydrazine groups is 1. The third-order valence-corrected chi connectivity index (χ3v) is 8.89. The second-order valence-electron chi connectivity index (χ2n) is 13.7. The molecule has 1 unspecified atom stereocenters. The summed E-state index contributed by atoms with van der Waals surface area (Å²) in [5.41, 5.74) is 32.8. The normalized spacial score (nSPS) is 12.6. The number of carbonyl (C=O) groups is 7. The number of nitrogens with zero attached hydrogens (tertiary/aromatic N) is 4. The van der Waals surface area contributed by atoms with Gasteiger partial charge in [0.25, 0.3) is 11.8 Å². The lowest BCUT2D eigenvalue weighted by Gasteiger charge is -2.19. The van der Waals surface area contributed by atoms with Crippen LogP contribution in [0.15, 0.2) is 54.7 Å². The number of carboxylic acid groups (broad SMARTS) is 2. The van der Waals surface area contributed by atoms with Gasteiger partial charge in [0.05, 0.1) is 31.0 Å². The molecule has 0 radical (unpaired) electrons. The van der Waals surface area contributed by atoms with Gasteiger partial charge in [0.1, 0.15) is 23.9 Å². The molecule has 20 N–H and O–H groups in total. The molecule has 2 aromatic heterocycles. The number of phenolic OH excluding ortho intramolecular Hbond substituents is 1. The number of Topliss-reactive ketones (excluding diaryl/α,β-unsaturated/α-hetero) is 1. The minimum Gasteiger partial charge on any atom is -0.508 e. The fraction of sp³-hybridized carbons (Fsp3) is 0.342. The largest absolute Gasteiger partial charge is 0.508 e. The van der Waals surface area contributed by atoms with Crippen molar-refractivity contribution in [1.29, 1.82) is 0 Å². The zero-order valence-corrected chi connectivity index (χ0v) is 33.8. The van der Waals surface area contributed by atoms with Gasteiger partial charge in [-0.3, -0.25) is 34.2 Å². The number of hydrogen-bond acceptors (Lipinski definition) is 19. The number of nitrogens with one attached hydrogen (secondary N) is 5. The van der Waals surface area contributed by atoms with Crippen molar-refractivity contribution in [2.24, 2.45) is 23.0 Å². The van der Waals surface area contributed by atoms with E-state index in [4.69, 9.17) is 44.7 Å². The van der Waals surface area contributed by atoms with E-state index in [1.165, 1.54) is 30.5 Å². The molecule has 0 fully saturated rings. The molecule has 4 aromatic rings. The predicted octanol–water partition coefficient (Wildman–Crippen LogP) is -2.88. The van der Waals surface area contributed by atoms with Crippen molar-refractivity contribution in [3.63, 3.8) is 0 Å². The number of anilines is 3. The zero-order chi connectivity index (χ0) is 46.6. The number of nitrogens with two attached hydrogens (primary N) is 6. The second-order valence-corrected chi connectivity index (χ2v) is 13.7. The Morgan fingerprint density at radius 2 is 1.48 bits per heavy atom. The highest BCUT2D eigenvalue weighted by Gasteiger charge is 2.28. The molecule has 25 nitrogen and oxygen atoms in total. The minimum absolute atomic E-state index is 0.0101. The van der Waals surface area contributed by atoms with E-state index in [-0.39, 0.29) is 48.0 Å². The van der Waals surface area contributed by atoms with Crippen LogP contribution in [0.1, 0.15) is 53.7 Å². The first-order valence-corrected chi connectivity index (χ1v) is 19.2. The van der Waals surface area contributed by atoms with Gasteiger partial charge in [0.2, 0.25) is 17.8 Å². The van der Waals surface area contributed by atoms with Crippen LogP contribution in [-0.4, -0.2) is 114 Å². The van der Waals surface area contributed by atoms with Gasteiger partial charge in [-0.1, -0.05) is 18.6 Å². The van der Waals surface area contributed by atoms with E-state index in [0.29, 0.717) is 54.8 Å². The molecule has 4 rings (SSSR count). The van der Waals surface area contributed by atoms with Gasteiger partial charge in [-0.2, -0.15) is 9.97 Å². The van der Waals surface area contributed by atoms with E-state index in [1.807, 2.05) is 5.43 Å². The number of carbonyl (C=O) groups excluding carboxylic acids is 5. The summed E-state index contributed by atoms with van der Waals surface area (Å²) in [4.78, 5) is 98.8. The fourth-order valence-electron chi connectivity index (χ4n) is 5.48.